The van der Waals surface area contributed by atoms with Crippen LogP contribution < -0.4 is 0 Å². The predicted octanol–water partition coefficient (Wildman–Crippen LogP) is 3.75. The van der Waals surface area contributed by atoms with Crippen LogP contribution in [-0.4, -0.2) is 10.1 Å². The number of rotatable bonds is 3. The molecule has 0 bridgehead atoms. The molecule has 1 N–H and O–H groups in total. The number of aliphatic hydroxyl groups is 1. The normalized spacial score (nSPS) is 12.7. The molecule has 1 aromatic carbocycles. The maximum Gasteiger partial charge on any atom is 0.0976 e. The summed E-state index contributed by atoms with van der Waals surface area (Å²) in [6.07, 6.45) is 0.269. The number of halogens is 1. The number of hydrogen-bond acceptors (Lipinski definition) is 3. The Hall–Kier alpha value is -0.900. The smallest absolute Gasteiger partial charge is 0.0976 e. The van der Waals surface area contributed by atoms with Gasteiger partial charge in [-0.15, -0.1) is 11.3 Å². The van der Waals surface area contributed by atoms with E-state index in [1.165, 1.54) is 0 Å². The number of aliphatic hydroxyl groups excluding tert-OH is 1. The van der Waals surface area contributed by atoms with Gasteiger partial charge in [0.05, 0.1) is 21.7 Å². The third-order valence-electron chi connectivity index (χ3n) is 2.56. The lowest BCUT2D eigenvalue weighted by atomic mass is 10.1. The third-order valence-corrected chi connectivity index (χ3v) is 4.25. The molecule has 2 nitrogen and oxygen atoms in total. The summed E-state index contributed by atoms with van der Waals surface area (Å²) in [5.41, 5.74) is 1.98. The largest absolute Gasteiger partial charge is 0.388 e. The van der Waals surface area contributed by atoms with E-state index in [1.807, 2.05) is 31.2 Å². The van der Waals surface area contributed by atoms with Crippen molar-refractivity contribution in [3.63, 3.8) is 0 Å². The molecule has 0 spiro atoms. The Morgan fingerprint density at radius 2 is 2.12 bits per heavy atom. The van der Waals surface area contributed by atoms with Crippen LogP contribution in [0.2, 0.25) is 5.02 Å². The van der Waals surface area contributed by atoms with Gasteiger partial charge in [0.15, 0.2) is 0 Å². The highest BCUT2D eigenvalue weighted by Crippen LogP contribution is 2.27. The molecule has 1 heterocycles. The van der Waals surface area contributed by atoms with E-state index in [0.29, 0.717) is 0 Å². The summed E-state index contributed by atoms with van der Waals surface area (Å²) < 4.78 is 0. The first-order valence-corrected chi connectivity index (χ1v) is 6.65. The third kappa shape index (κ3) is 2.86. The highest BCUT2D eigenvalue weighted by atomic mass is 35.5. The number of thiazole rings is 1. The molecule has 0 aliphatic heterocycles. The summed E-state index contributed by atoms with van der Waals surface area (Å²) in [5, 5.41) is 11.3. The van der Waals surface area contributed by atoms with E-state index < -0.39 is 6.10 Å². The van der Waals surface area contributed by atoms with Crippen LogP contribution in [0, 0.1) is 6.92 Å². The maximum absolute atomic E-state index is 9.58. The van der Waals surface area contributed by atoms with E-state index in [9.17, 15) is 5.11 Å². The average Bonchev–Trinajstić information content (AvgIpc) is 2.63. The lowest BCUT2D eigenvalue weighted by Gasteiger charge is -2.00. The number of benzene rings is 1. The van der Waals surface area contributed by atoms with Crippen LogP contribution in [0.3, 0.4) is 0 Å². The van der Waals surface area contributed by atoms with Gasteiger partial charge in [-0.2, -0.15) is 0 Å². The van der Waals surface area contributed by atoms with Gasteiger partial charge in [-0.3, -0.25) is 0 Å². The minimum atomic E-state index is -0.451. The van der Waals surface area contributed by atoms with Gasteiger partial charge in [-0.1, -0.05) is 29.8 Å². The lowest BCUT2D eigenvalue weighted by molar-refractivity contribution is 0.202. The first kappa shape index (κ1) is 12.6. The first-order valence-electron chi connectivity index (χ1n) is 5.45. The fourth-order valence-corrected chi connectivity index (χ4v) is 2.96. The molecule has 1 unspecified atom stereocenters. The molecular formula is C13H14ClNOS. The van der Waals surface area contributed by atoms with Crippen molar-refractivity contribution in [1.29, 1.82) is 0 Å². The minimum absolute atomic E-state index is 0.451. The van der Waals surface area contributed by atoms with Gasteiger partial charge in [0.25, 0.3) is 0 Å². The summed E-state index contributed by atoms with van der Waals surface area (Å²) in [4.78, 5) is 5.41. The van der Waals surface area contributed by atoms with Crippen molar-refractivity contribution >= 4 is 22.9 Å². The molecule has 0 amide bonds. The van der Waals surface area contributed by atoms with Gasteiger partial charge >= 0.3 is 0 Å². The van der Waals surface area contributed by atoms with E-state index >= 15 is 0 Å². The van der Waals surface area contributed by atoms with E-state index in [4.69, 9.17) is 11.6 Å². The van der Waals surface area contributed by atoms with Gasteiger partial charge in [0, 0.05) is 11.4 Å². The van der Waals surface area contributed by atoms with Crippen LogP contribution >= 0.6 is 22.9 Å². The van der Waals surface area contributed by atoms with Gasteiger partial charge in [0.1, 0.15) is 0 Å². The van der Waals surface area contributed by atoms with Gasteiger partial charge in [0.2, 0.25) is 0 Å². The Kier molecular flexibility index (Phi) is 3.82. The van der Waals surface area contributed by atoms with Crippen molar-refractivity contribution in [2.45, 2.75) is 26.4 Å². The standard InChI is InChI=1S/C13H14ClNOS/c1-8-13(9(2)16)17-12(15-8)7-10-5-3-4-6-11(10)14/h3-6,9,16H,7H2,1-2H3. The second-order valence-corrected chi connectivity index (χ2v) is 5.52. The molecular weight excluding hydrogens is 254 g/mol. The molecule has 4 heteroatoms. The number of aryl methyl sites for hydroxylation is 1. The van der Waals surface area contributed by atoms with Gasteiger partial charge in [-0.05, 0) is 25.5 Å². The topological polar surface area (TPSA) is 33.1 Å². The molecule has 0 saturated heterocycles. The molecule has 2 aromatic rings. The Morgan fingerprint density at radius 3 is 2.71 bits per heavy atom. The van der Waals surface area contributed by atoms with Crippen molar-refractivity contribution < 1.29 is 5.11 Å². The van der Waals surface area contributed by atoms with Crippen molar-refractivity contribution in [1.82, 2.24) is 4.98 Å². The van der Waals surface area contributed by atoms with E-state index in [0.717, 1.165) is 32.6 Å². The molecule has 0 fully saturated rings. The zero-order valence-corrected chi connectivity index (χ0v) is 11.3. The van der Waals surface area contributed by atoms with E-state index in [2.05, 4.69) is 4.98 Å². The predicted molar refractivity (Wildman–Crippen MR) is 71.7 cm³/mol. The van der Waals surface area contributed by atoms with E-state index in [-0.39, 0.29) is 0 Å². The Balaban J connectivity index is 2.25. The average molecular weight is 268 g/mol. The van der Waals surface area contributed by atoms with Crippen LogP contribution in [0.15, 0.2) is 24.3 Å². The Morgan fingerprint density at radius 1 is 1.41 bits per heavy atom. The molecule has 1 aromatic heterocycles. The molecule has 2 rings (SSSR count). The quantitative estimate of drug-likeness (QED) is 0.919. The number of hydrogen-bond donors (Lipinski definition) is 1. The second kappa shape index (κ2) is 5.17. The van der Waals surface area contributed by atoms with Crippen LogP contribution in [0.1, 0.15) is 34.2 Å². The second-order valence-electron chi connectivity index (χ2n) is 4.00. The van der Waals surface area contributed by atoms with E-state index in [1.54, 1.807) is 18.3 Å². The highest BCUT2D eigenvalue weighted by molar-refractivity contribution is 7.11. The van der Waals surface area contributed by atoms with Crippen molar-refractivity contribution in [3.8, 4) is 0 Å². The van der Waals surface area contributed by atoms with Crippen molar-refractivity contribution in [2.75, 3.05) is 0 Å². The van der Waals surface area contributed by atoms with Gasteiger partial charge < -0.3 is 5.11 Å². The zero-order chi connectivity index (χ0) is 12.4. The fourth-order valence-electron chi connectivity index (χ4n) is 1.73. The summed E-state index contributed by atoms with van der Waals surface area (Å²) in [5.74, 6) is 0. The van der Waals surface area contributed by atoms with Gasteiger partial charge in [-0.25, -0.2) is 4.98 Å². The highest BCUT2D eigenvalue weighted by Gasteiger charge is 2.12. The van der Waals surface area contributed by atoms with Crippen LogP contribution in [0.4, 0.5) is 0 Å². The summed E-state index contributed by atoms with van der Waals surface area (Å²) >= 11 is 7.66. The molecule has 0 aliphatic carbocycles. The molecule has 1 atom stereocenters. The fraction of sp³-hybridized carbons (Fsp3) is 0.308. The number of aromatic nitrogens is 1. The summed E-state index contributed by atoms with van der Waals surface area (Å²) in [6.45, 7) is 3.69. The molecule has 0 aliphatic rings. The van der Waals surface area contributed by atoms with Crippen LogP contribution in [0.5, 0.6) is 0 Å². The summed E-state index contributed by atoms with van der Waals surface area (Å²) in [6, 6.07) is 7.77. The Labute approximate surface area is 110 Å². The van der Waals surface area contributed by atoms with Crippen LogP contribution in [0.25, 0.3) is 0 Å². The first-order chi connectivity index (χ1) is 8.08. The SMILES string of the molecule is Cc1nc(Cc2ccccc2Cl)sc1C(C)O. The zero-order valence-electron chi connectivity index (χ0n) is 9.77. The molecule has 17 heavy (non-hydrogen) atoms. The summed E-state index contributed by atoms with van der Waals surface area (Å²) in [7, 11) is 0. The monoisotopic (exact) mass is 267 g/mol. The van der Waals surface area contributed by atoms with Crippen molar-refractivity contribution in [3.05, 3.63) is 50.4 Å². The van der Waals surface area contributed by atoms with Crippen LogP contribution in [-0.2, 0) is 6.42 Å². The molecule has 0 radical (unpaired) electrons. The van der Waals surface area contributed by atoms with Crippen molar-refractivity contribution in [2.24, 2.45) is 0 Å². The maximum atomic E-state index is 9.58. The number of nitrogens with zero attached hydrogens (tertiary/aromatic N) is 1. The lowest BCUT2D eigenvalue weighted by Crippen LogP contribution is -1.89. The molecule has 90 valence electrons. The molecule has 0 saturated carbocycles. The minimum Gasteiger partial charge on any atom is -0.388 e. The Bertz CT molecular complexity index is 522.